The minimum atomic E-state index is -0.0323. The third-order valence-corrected chi connectivity index (χ3v) is 5.00. The number of benzene rings is 2. The van der Waals surface area contributed by atoms with Crippen LogP contribution in [-0.2, 0) is 16.1 Å². The van der Waals surface area contributed by atoms with Crippen molar-refractivity contribution in [2.45, 2.75) is 19.4 Å². The molecular weight excluding hydrogens is 352 g/mol. The van der Waals surface area contributed by atoms with Crippen LogP contribution in [0.2, 0.25) is 0 Å². The van der Waals surface area contributed by atoms with E-state index in [2.05, 4.69) is 5.32 Å². The number of amides is 2. The Labute approximate surface area is 166 Å². The van der Waals surface area contributed by atoms with Crippen LogP contribution in [0.15, 0.2) is 60.7 Å². The molecule has 1 fully saturated rings. The van der Waals surface area contributed by atoms with E-state index in [0.29, 0.717) is 32.5 Å². The van der Waals surface area contributed by atoms with E-state index in [0.717, 1.165) is 16.9 Å². The van der Waals surface area contributed by atoms with Gasteiger partial charge in [0.25, 0.3) is 0 Å². The van der Waals surface area contributed by atoms with E-state index in [9.17, 15) is 9.59 Å². The molecule has 0 aromatic heterocycles. The normalized spacial score (nSPS) is 14.8. The van der Waals surface area contributed by atoms with Crippen molar-refractivity contribution in [3.63, 3.8) is 0 Å². The molecule has 0 unspecified atom stereocenters. The van der Waals surface area contributed by atoms with E-state index < -0.39 is 0 Å². The molecule has 146 valence electrons. The molecule has 0 atom stereocenters. The maximum absolute atomic E-state index is 12.4. The first-order valence-electron chi connectivity index (χ1n) is 9.58. The number of hydrogen-bond donors (Lipinski definition) is 1. The maximum Gasteiger partial charge on any atom is 0.246 e. The molecule has 3 rings (SSSR count). The molecule has 2 aromatic rings. The summed E-state index contributed by atoms with van der Waals surface area (Å²) in [4.78, 5) is 26.6. The number of likely N-dealkylation sites (tertiary alicyclic amines) is 1. The van der Waals surface area contributed by atoms with Crippen LogP contribution < -0.4 is 10.1 Å². The average Bonchev–Trinajstić information content (AvgIpc) is 2.76. The van der Waals surface area contributed by atoms with Gasteiger partial charge in [-0.15, -0.1) is 0 Å². The number of nitrogens with one attached hydrogen (secondary N) is 1. The molecule has 2 aromatic carbocycles. The van der Waals surface area contributed by atoms with Gasteiger partial charge >= 0.3 is 0 Å². The van der Waals surface area contributed by atoms with Crippen LogP contribution in [0.5, 0.6) is 5.75 Å². The monoisotopic (exact) mass is 378 g/mol. The molecule has 2 amide bonds. The van der Waals surface area contributed by atoms with E-state index in [4.69, 9.17) is 4.74 Å². The second-order valence-electron chi connectivity index (χ2n) is 6.91. The molecule has 0 aliphatic carbocycles. The SMILES string of the molecule is COc1cccc(/C=C/C(=O)N2CCC(C(=O)NCc3ccccc3)CC2)c1. The fourth-order valence-corrected chi connectivity index (χ4v) is 3.31. The number of carbonyl (C=O) groups is 2. The van der Waals surface area contributed by atoms with Crippen molar-refractivity contribution in [2.75, 3.05) is 20.2 Å². The first kappa shape index (κ1) is 19.7. The Bertz CT molecular complexity index is 825. The maximum atomic E-state index is 12.4. The number of rotatable bonds is 6. The van der Waals surface area contributed by atoms with Crippen molar-refractivity contribution in [1.29, 1.82) is 0 Å². The van der Waals surface area contributed by atoms with Crippen LogP contribution in [-0.4, -0.2) is 36.9 Å². The van der Waals surface area contributed by atoms with Gasteiger partial charge in [-0.05, 0) is 42.2 Å². The second kappa shape index (κ2) is 9.74. The topological polar surface area (TPSA) is 58.6 Å². The summed E-state index contributed by atoms with van der Waals surface area (Å²) in [6.45, 7) is 1.75. The number of piperidine rings is 1. The fourth-order valence-electron chi connectivity index (χ4n) is 3.31. The summed E-state index contributed by atoms with van der Waals surface area (Å²) in [6.07, 6.45) is 4.77. The van der Waals surface area contributed by atoms with Crippen LogP contribution in [0.3, 0.4) is 0 Å². The molecule has 1 aliphatic rings. The summed E-state index contributed by atoms with van der Waals surface area (Å²) < 4.78 is 5.19. The van der Waals surface area contributed by atoms with Crippen LogP contribution >= 0.6 is 0 Å². The minimum absolute atomic E-state index is 0.0223. The predicted molar refractivity (Wildman–Crippen MR) is 110 cm³/mol. The third kappa shape index (κ3) is 5.46. The standard InChI is InChI=1S/C23H26N2O3/c1-28-21-9-5-8-18(16-21)10-11-22(26)25-14-12-20(13-15-25)23(27)24-17-19-6-3-2-4-7-19/h2-11,16,20H,12-15,17H2,1H3,(H,24,27)/b11-10+. The lowest BCUT2D eigenvalue weighted by Crippen LogP contribution is -2.42. The highest BCUT2D eigenvalue weighted by Gasteiger charge is 2.26. The summed E-state index contributed by atoms with van der Waals surface area (Å²) in [7, 11) is 1.62. The number of hydrogen-bond acceptors (Lipinski definition) is 3. The van der Waals surface area contributed by atoms with Crippen molar-refractivity contribution in [2.24, 2.45) is 5.92 Å². The van der Waals surface area contributed by atoms with Crippen molar-refractivity contribution in [3.05, 3.63) is 71.8 Å². The molecule has 0 saturated carbocycles. The lowest BCUT2D eigenvalue weighted by Gasteiger charge is -2.30. The lowest BCUT2D eigenvalue weighted by atomic mass is 9.95. The molecule has 1 aliphatic heterocycles. The van der Waals surface area contributed by atoms with Crippen molar-refractivity contribution >= 4 is 17.9 Å². The molecule has 0 bridgehead atoms. The van der Waals surface area contributed by atoms with Gasteiger partial charge in [0, 0.05) is 31.6 Å². The Morgan fingerprint density at radius 3 is 2.57 bits per heavy atom. The molecule has 5 heteroatoms. The fraction of sp³-hybridized carbons (Fsp3) is 0.304. The highest BCUT2D eigenvalue weighted by Crippen LogP contribution is 2.19. The van der Waals surface area contributed by atoms with E-state index >= 15 is 0 Å². The lowest BCUT2D eigenvalue weighted by molar-refractivity contribution is -0.132. The van der Waals surface area contributed by atoms with Crippen LogP contribution in [0.25, 0.3) is 6.08 Å². The van der Waals surface area contributed by atoms with Crippen molar-refractivity contribution in [1.82, 2.24) is 10.2 Å². The van der Waals surface area contributed by atoms with Gasteiger partial charge in [-0.2, -0.15) is 0 Å². The predicted octanol–water partition coefficient (Wildman–Crippen LogP) is 3.26. The average molecular weight is 378 g/mol. The molecule has 1 saturated heterocycles. The number of ether oxygens (including phenoxy) is 1. The number of methoxy groups -OCH3 is 1. The Morgan fingerprint density at radius 2 is 1.86 bits per heavy atom. The Kier molecular flexibility index (Phi) is 6.84. The Hall–Kier alpha value is -3.08. The van der Waals surface area contributed by atoms with Gasteiger partial charge < -0.3 is 15.0 Å². The smallest absolute Gasteiger partial charge is 0.246 e. The first-order chi connectivity index (χ1) is 13.7. The van der Waals surface area contributed by atoms with E-state index in [1.165, 1.54) is 0 Å². The van der Waals surface area contributed by atoms with E-state index in [1.54, 1.807) is 24.2 Å². The number of carbonyl (C=O) groups excluding carboxylic acids is 2. The van der Waals surface area contributed by atoms with Gasteiger partial charge in [0.05, 0.1) is 7.11 Å². The number of nitrogens with zero attached hydrogens (tertiary/aromatic N) is 1. The third-order valence-electron chi connectivity index (χ3n) is 5.00. The summed E-state index contributed by atoms with van der Waals surface area (Å²) in [5.74, 6) is 0.779. The molecule has 0 spiro atoms. The van der Waals surface area contributed by atoms with E-state index in [-0.39, 0.29) is 17.7 Å². The zero-order chi connectivity index (χ0) is 19.8. The van der Waals surface area contributed by atoms with Gasteiger partial charge in [0.2, 0.25) is 11.8 Å². The molecule has 28 heavy (non-hydrogen) atoms. The zero-order valence-corrected chi connectivity index (χ0v) is 16.1. The summed E-state index contributed by atoms with van der Waals surface area (Å²) >= 11 is 0. The quantitative estimate of drug-likeness (QED) is 0.785. The van der Waals surface area contributed by atoms with Crippen LogP contribution in [0.1, 0.15) is 24.0 Å². The second-order valence-corrected chi connectivity index (χ2v) is 6.91. The highest BCUT2D eigenvalue weighted by atomic mass is 16.5. The summed E-state index contributed by atoms with van der Waals surface area (Å²) in [5, 5.41) is 3.00. The van der Waals surface area contributed by atoms with Gasteiger partial charge in [-0.3, -0.25) is 9.59 Å². The van der Waals surface area contributed by atoms with Crippen molar-refractivity contribution < 1.29 is 14.3 Å². The molecule has 1 N–H and O–H groups in total. The van der Waals surface area contributed by atoms with Gasteiger partial charge in [0.15, 0.2) is 0 Å². The molecule has 1 heterocycles. The van der Waals surface area contributed by atoms with Crippen LogP contribution in [0, 0.1) is 5.92 Å². The molecule has 0 radical (unpaired) electrons. The van der Waals surface area contributed by atoms with Gasteiger partial charge in [0.1, 0.15) is 5.75 Å². The van der Waals surface area contributed by atoms with Crippen LogP contribution in [0.4, 0.5) is 0 Å². The minimum Gasteiger partial charge on any atom is -0.497 e. The van der Waals surface area contributed by atoms with Gasteiger partial charge in [-0.1, -0.05) is 42.5 Å². The Balaban J connectivity index is 1.45. The summed E-state index contributed by atoms with van der Waals surface area (Å²) in [5.41, 5.74) is 2.01. The molecular formula is C23H26N2O3. The zero-order valence-electron chi connectivity index (χ0n) is 16.1. The largest absolute Gasteiger partial charge is 0.497 e. The highest BCUT2D eigenvalue weighted by molar-refractivity contribution is 5.92. The van der Waals surface area contributed by atoms with Gasteiger partial charge in [-0.25, -0.2) is 0 Å². The molecule has 5 nitrogen and oxygen atoms in total. The first-order valence-corrected chi connectivity index (χ1v) is 9.58. The van der Waals surface area contributed by atoms with E-state index in [1.807, 2.05) is 54.6 Å². The summed E-state index contributed by atoms with van der Waals surface area (Å²) in [6, 6.07) is 17.4. The Morgan fingerprint density at radius 1 is 1.11 bits per heavy atom. The van der Waals surface area contributed by atoms with Crippen molar-refractivity contribution in [3.8, 4) is 5.75 Å².